The van der Waals surface area contributed by atoms with E-state index in [1.807, 2.05) is 39.0 Å². The van der Waals surface area contributed by atoms with Crippen LogP contribution in [0, 0.1) is 6.92 Å². The van der Waals surface area contributed by atoms with E-state index in [2.05, 4.69) is 19.2 Å². The zero-order valence-electron chi connectivity index (χ0n) is 24.6. The third-order valence-corrected chi connectivity index (χ3v) is 9.17. The van der Waals surface area contributed by atoms with Crippen LogP contribution >= 0.6 is 11.6 Å². The van der Waals surface area contributed by atoms with Crippen molar-refractivity contribution in [2.45, 2.75) is 77.4 Å². The number of halogens is 1. The highest BCUT2D eigenvalue weighted by Gasteiger charge is 2.32. The summed E-state index contributed by atoms with van der Waals surface area (Å²) >= 11 is 6.21. The van der Waals surface area contributed by atoms with E-state index in [1.165, 1.54) is 17.0 Å². The van der Waals surface area contributed by atoms with Crippen molar-refractivity contribution in [3.8, 4) is 0 Å². The third-order valence-electron chi connectivity index (χ3n) is 7.15. The molecular formula is C32H40ClN3O4S. The highest BCUT2D eigenvalue weighted by molar-refractivity contribution is 7.92. The van der Waals surface area contributed by atoms with Crippen LogP contribution in [0.25, 0.3) is 0 Å². The lowest BCUT2D eigenvalue weighted by Gasteiger charge is -2.32. The molecule has 3 aromatic rings. The number of carbonyl (C=O) groups is 2. The van der Waals surface area contributed by atoms with Crippen molar-refractivity contribution >= 4 is 39.1 Å². The maximum Gasteiger partial charge on any atom is 0.264 e. The van der Waals surface area contributed by atoms with E-state index >= 15 is 0 Å². The van der Waals surface area contributed by atoms with Gasteiger partial charge in [-0.3, -0.25) is 13.9 Å². The number of benzene rings is 3. The number of amides is 2. The van der Waals surface area contributed by atoms with Crippen molar-refractivity contribution in [3.63, 3.8) is 0 Å². The highest BCUT2D eigenvalue weighted by Crippen LogP contribution is 2.27. The molecule has 0 fully saturated rings. The van der Waals surface area contributed by atoms with Crippen LogP contribution in [0.15, 0.2) is 77.7 Å². The van der Waals surface area contributed by atoms with Crippen molar-refractivity contribution in [3.05, 3.63) is 94.5 Å². The minimum atomic E-state index is -4.12. The summed E-state index contributed by atoms with van der Waals surface area (Å²) in [5.74, 6) is -0.574. The van der Waals surface area contributed by atoms with Gasteiger partial charge in [0.1, 0.15) is 12.6 Å². The molecule has 0 radical (unpaired) electrons. The molecular weight excluding hydrogens is 558 g/mol. The van der Waals surface area contributed by atoms with Crippen LogP contribution in [0.3, 0.4) is 0 Å². The van der Waals surface area contributed by atoms with E-state index < -0.39 is 28.5 Å². The molecule has 0 aliphatic carbocycles. The maximum absolute atomic E-state index is 14.0. The second-order valence-electron chi connectivity index (χ2n) is 10.7. The van der Waals surface area contributed by atoms with Crippen molar-refractivity contribution < 1.29 is 18.0 Å². The quantitative estimate of drug-likeness (QED) is 0.265. The molecule has 0 aliphatic heterocycles. The zero-order valence-corrected chi connectivity index (χ0v) is 26.2. The first-order valence-corrected chi connectivity index (χ1v) is 15.7. The molecule has 0 unspecified atom stereocenters. The van der Waals surface area contributed by atoms with Crippen molar-refractivity contribution in [2.24, 2.45) is 0 Å². The Morgan fingerprint density at radius 2 is 1.56 bits per heavy atom. The second kappa shape index (κ2) is 14.0. The minimum Gasteiger partial charge on any atom is -0.352 e. The topological polar surface area (TPSA) is 86.8 Å². The summed E-state index contributed by atoms with van der Waals surface area (Å²) < 4.78 is 29.1. The van der Waals surface area contributed by atoms with Gasteiger partial charge in [0.25, 0.3) is 10.0 Å². The smallest absolute Gasteiger partial charge is 0.264 e. The lowest BCUT2D eigenvalue weighted by atomic mass is 10.0. The molecule has 7 nitrogen and oxygen atoms in total. The number of sulfonamides is 1. The molecule has 0 aromatic heterocycles. The molecule has 0 saturated carbocycles. The number of rotatable bonds is 12. The monoisotopic (exact) mass is 597 g/mol. The average molecular weight is 598 g/mol. The first kappa shape index (κ1) is 32.2. The van der Waals surface area contributed by atoms with E-state index in [9.17, 15) is 18.0 Å². The molecule has 2 amide bonds. The maximum atomic E-state index is 14.0. The highest BCUT2D eigenvalue weighted by atomic mass is 35.5. The molecule has 9 heteroatoms. The Labute approximate surface area is 249 Å². The summed E-state index contributed by atoms with van der Waals surface area (Å²) in [6.45, 7) is 11.1. The second-order valence-corrected chi connectivity index (χ2v) is 13.0. The van der Waals surface area contributed by atoms with Crippen LogP contribution < -0.4 is 9.62 Å². The van der Waals surface area contributed by atoms with Gasteiger partial charge in [0.2, 0.25) is 11.8 Å². The summed E-state index contributed by atoms with van der Waals surface area (Å²) in [6, 6.07) is 19.8. The van der Waals surface area contributed by atoms with Crippen LogP contribution in [0.2, 0.25) is 5.02 Å². The molecule has 2 atom stereocenters. The Morgan fingerprint density at radius 1 is 0.927 bits per heavy atom. The predicted molar refractivity (Wildman–Crippen MR) is 166 cm³/mol. The van der Waals surface area contributed by atoms with Gasteiger partial charge in [-0.05, 0) is 80.6 Å². The minimum absolute atomic E-state index is 0.0767. The number of nitrogens with one attached hydrogen (secondary N) is 1. The van der Waals surface area contributed by atoms with Gasteiger partial charge in [-0.25, -0.2) is 8.42 Å². The fourth-order valence-electron chi connectivity index (χ4n) is 4.27. The lowest BCUT2D eigenvalue weighted by Crippen LogP contribution is -2.52. The average Bonchev–Trinajstić information content (AvgIpc) is 2.94. The molecule has 0 bridgehead atoms. The summed E-state index contributed by atoms with van der Waals surface area (Å²) in [7, 11) is -4.12. The van der Waals surface area contributed by atoms with Gasteiger partial charge in [0.15, 0.2) is 0 Å². The Kier molecular flexibility index (Phi) is 11.0. The standard InChI is InChI=1S/C32H40ClN3O4S/c1-7-24(5)34-32(38)25(6)35(20-26-9-8-10-28(33)19-26)31(37)21-36(29-15-13-27(14-16-29)22(2)3)41(39,40)30-17-11-23(4)12-18-30/h8-19,22,24-25H,7,20-21H2,1-6H3,(H,34,38)/t24-,25+/m0/s1. The lowest BCUT2D eigenvalue weighted by molar-refractivity contribution is -0.139. The SMILES string of the molecule is CC[C@H](C)NC(=O)[C@@H](C)N(Cc1cccc(Cl)c1)C(=O)CN(c1ccc(C(C)C)cc1)S(=O)(=O)c1ccc(C)cc1. The molecule has 0 heterocycles. The molecule has 0 spiro atoms. The molecule has 41 heavy (non-hydrogen) atoms. The number of aryl methyl sites for hydroxylation is 1. The van der Waals surface area contributed by atoms with Gasteiger partial charge in [0.05, 0.1) is 10.6 Å². The van der Waals surface area contributed by atoms with E-state index in [4.69, 9.17) is 11.6 Å². The number of hydrogen-bond acceptors (Lipinski definition) is 4. The predicted octanol–water partition coefficient (Wildman–Crippen LogP) is 6.30. The molecule has 0 saturated heterocycles. The Hall–Kier alpha value is -3.36. The van der Waals surface area contributed by atoms with Crippen molar-refractivity contribution in [1.82, 2.24) is 10.2 Å². The van der Waals surface area contributed by atoms with Crippen LogP contribution in [-0.4, -0.2) is 43.8 Å². The van der Waals surface area contributed by atoms with Crippen molar-refractivity contribution in [2.75, 3.05) is 10.8 Å². The number of anilines is 1. The third kappa shape index (κ3) is 8.33. The molecule has 3 aromatic carbocycles. The molecule has 0 aliphatic rings. The van der Waals surface area contributed by atoms with Gasteiger partial charge < -0.3 is 10.2 Å². The first-order valence-electron chi connectivity index (χ1n) is 13.9. The molecule has 220 valence electrons. The van der Waals surface area contributed by atoms with E-state index in [1.54, 1.807) is 49.4 Å². The van der Waals surface area contributed by atoms with Crippen molar-refractivity contribution in [1.29, 1.82) is 0 Å². The van der Waals surface area contributed by atoms with Crippen LogP contribution in [-0.2, 0) is 26.2 Å². The normalized spacial score (nSPS) is 13.0. The summed E-state index contributed by atoms with van der Waals surface area (Å²) in [5, 5.41) is 3.43. The van der Waals surface area contributed by atoms with Crippen LogP contribution in [0.5, 0.6) is 0 Å². The van der Waals surface area contributed by atoms with Gasteiger partial charge in [-0.1, -0.05) is 74.3 Å². The Bertz CT molecular complexity index is 1440. The zero-order chi connectivity index (χ0) is 30.3. The molecule has 3 rings (SSSR count). The van der Waals surface area contributed by atoms with Gasteiger partial charge in [-0.2, -0.15) is 0 Å². The van der Waals surface area contributed by atoms with Gasteiger partial charge in [-0.15, -0.1) is 0 Å². The summed E-state index contributed by atoms with van der Waals surface area (Å²) in [6.07, 6.45) is 0.732. The number of carbonyl (C=O) groups excluding carboxylic acids is 2. The fourth-order valence-corrected chi connectivity index (χ4v) is 5.90. The summed E-state index contributed by atoms with van der Waals surface area (Å²) in [4.78, 5) is 28.7. The first-order chi connectivity index (χ1) is 19.3. The Balaban J connectivity index is 2.04. The van der Waals surface area contributed by atoms with E-state index in [-0.39, 0.29) is 29.3 Å². The largest absolute Gasteiger partial charge is 0.352 e. The van der Waals surface area contributed by atoms with Gasteiger partial charge >= 0.3 is 0 Å². The number of hydrogen-bond donors (Lipinski definition) is 1. The van der Waals surface area contributed by atoms with E-state index in [0.717, 1.165) is 27.4 Å². The number of nitrogens with zero attached hydrogens (tertiary/aromatic N) is 2. The fraction of sp³-hybridized carbons (Fsp3) is 0.375. The van der Waals surface area contributed by atoms with Gasteiger partial charge in [0, 0.05) is 17.6 Å². The molecule has 1 N–H and O–H groups in total. The van der Waals surface area contributed by atoms with Crippen LogP contribution in [0.4, 0.5) is 5.69 Å². The summed E-state index contributed by atoms with van der Waals surface area (Å²) in [5.41, 5.74) is 3.05. The Morgan fingerprint density at radius 3 is 2.12 bits per heavy atom. The van der Waals surface area contributed by atoms with E-state index in [0.29, 0.717) is 10.7 Å². The van der Waals surface area contributed by atoms with Crippen LogP contribution in [0.1, 0.15) is 63.6 Å².